The van der Waals surface area contributed by atoms with Gasteiger partial charge in [0.1, 0.15) is 0 Å². The lowest BCUT2D eigenvalue weighted by molar-refractivity contribution is 0.492. The molecule has 1 N–H and O–H groups in total. The third-order valence-corrected chi connectivity index (χ3v) is 5.05. The van der Waals surface area contributed by atoms with Crippen LogP contribution in [-0.2, 0) is 5.54 Å². The molecule has 0 amide bonds. The number of hydrogen-bond donors (Lipinski definition) is 1. The van der Waals surface area contributed by atoms with Crippen molar-refractivity contribution in [3.63, 3.8) is 0 Å². The number of fused-ring (bicyclic) bond motifs is 1. The van der Waals surface area contributed by atoms with Gasteiger partial charge in [0, 0.05) is 0 Å². The van der Waals surface area contributed by atoms with Crippen molar-refractivity contribution in [2.24, 2.45) is 0 Å². The summed E-state index contributed by atoms with van der Waals surface area (Å²) in [7, 11) is 0. The van der Waals surface area contributed by atoms with E-state index in [1.165, 1.54) is 27.5 Å². The van der Waals surface area contributed by atoms with E-state index in [1.807, 2.05) is 0 Å². The van der Waals surface area contributed by atoms with Gasteiger partial charge in [-0.15, -0.1) is 0 Å². The van der Waals surface area contributed by atoms with Crippen LogP contribution in [0.15, 0.2) is 103 Å². The van der Waals surface area contributed by atoms with Crippen LogP contribution in [0.4, 0.5) is 0 Å². The summed E-state index contributed by atoms with van der Waals surface area (Å²) in [6.45, 7) is 3.04. The van der Waals surface area contributed by atoms with E-state index in [0.29, 0.717) is 0 Å². The third-order valence-electron chi connectivity index (χ3n) is 5.05. The highest BCUT2D eigenvalue weighted by Gasteiger charge is 2.36. The molecule has 0 saturated carbocycles. The molecule has 0 fully saturated rings. The van der Waals surface area contributed by atoms with Crippen molar-refractivity contribution < 1.29 is 0 Å². The maximum Gasteiger partial charge on any atom is 0.0953 e. The van der Waals surface area contributed by atoms with E-state index in [1.54, 1.807) is 0 Å². The second-order valence-corrected chi connectivity index (χ2v) is 6.54. The largest absolute Gasteiger partial charge is 0.300 e. The Morgan fingerprint density at radius 3 is 1.77 bits per heavy atom. The molecule has 0 atom stereocenters. The van der Waals surface area contributed by atoms with Crippen LogP contribution in [0.25, 0.3) is 10.8 Å². The zero-order valence-electron chi connectivity index (χ0n) is 15.0. The van der Waals surface area contributed by atoms with Gasteiger partial charge in [-0.3, -0.25) is 0 Å². The lowest BCUT2D eigenvalue weighted by atomic mass is 9.75. The van der Waals surface area contributed by atoms with Gasteiger partial charge in [0.05, 0.1) is 5.54 Å². The van der Waals surface area contributed by atoms with Crippen molar-refractivity contribution >= 4 is 10.8 Å². The molecule has 128 valence electrons. The molecule has 1 heteroatoms. The standard InChI is InChI=1S/C25H23N/c1-2-26-25(21-14-5-3-6-15-21,22-16-7-4-8-17-22)24-19-11-13-20-12-9-10-18-23(20)24/h3-19,26H,2H2,1H3. The van der Waals surface area contributed by atoms with Crippen LogP contribution in [0.3, 0.4) is 0 Å². The summed E-state index contributed by atoms with van der Waals surface area (Å²) in [5.74, 6) is 0. The first-order chi connectivity index (χ1) is 12.9. The Bertz CT molecular complexity index is 945. The molecule has 0 aliphatic rings. The summed E-state index contributed by atoms with van der Waals surface area (Å²) in [6.07, 6.45) is 0. The topological polar surface area (TPSA) is 12.0 Å². The molecule has 0 aromatic heterocycles. The van der Waals surface area contributed by atoms with Gasteiger partial charge >= 0.3 is 0 Å². The zero-order chi connectivity index (χ0) is 17.8. The van der Waals surface area contributed by atoms with Crippen molar-refractivity contribution in [3.05, 3.63) is 120 Å². The highest BCUT2D eigenvalue weighted by atomic mass is 15.0. The molecule has 0 saturated heterocycles. The minimum atomic E-state index is -0.391. The Kier molecular flexibility index (Phi) is 4.55. The number of rotatable bonds is 5. The van der Waals surface area contributed by atoms with Crippen molar-refractivity contribution in [2.75, 3.05) is 6.54 Å². The molecule has 4 aromatic carbocycles. The predicted octanol–water partition coefficient (Wildman–Crippen LogP) is 5.74. The lowest BCUT2D eigenvalue weighted by Crippen LogP contribution is -2.44. The van der Waals surface area contributed by atoms with E-state index in [4.69, 9.17) is 0 Å². The average molecular weight is 337 g/mol. The van der Waals surface area contributed by atoms with Gasteiger partial charge in [0.2, 0.25) is 0 Å². The predicted molar refractivity (Wildman–Crippen MR) is 110 cm³/mol. The van der Waals surface area contributed by atoms with E-state index >= 15 is 0 Å². The minimum absolute atomic E-state index is 0.391. The molecule has 0 aliphatic carbocycles. The first-order valence-electron chi connectivity index (χ1n) is 9.20. The first-order valence-corrected chi connectivity index (χ1v) is 9.20. The Balaban J connectivity index is 2.11. The van der Waals surface area contributed by atoms with Gasteiger partial charge in [0.25, 0.3) is 0 Å². The molecular weight excluding hydrogens is 314 g/mol. The van der Waals surface area contributed by atoms with E-state index in [0.717, 1.165) is 6.54 Å². The summed E-state index contributed by atoms with van der Waals surface area (Å²) in [5, 5.41) is 6.38. The summed E-state index contributed by atoms with van der Waals surface area (Å²) in [4.78, 5) is 0. The van der Waals surface area contributed by atoms with Crippen LogP contribution in [0, 0.1) is 0 Å². The maximum absolute atomic E-state index is 3.84. The van der Waals surface area contributed by atoms with Crippen LogP contribution in [0.5, 0.6) is 0 Å². The van der Waals surface area contributed by atoms with E-state index in [2.05, 4.69) is 115 Å². The van der Waals surface area contributed by atoms with Crippen LogP contribution in [0.1, 0.15) is 23.6 Å². The van der Waals surface area contributed by atoms with Gasteiger partial charge < -0.3 is 5.32 Å². The fourth-order valence-electron chi connectivity index (χ4n) is 3.97. The minimum Gasteiger partial charge on any atom is -0.300 e. The Hall–Kier alpha value is -2.90. The summed E-state index contributed by atoms with van der Waals surface area (Å²) in [5.41, 5.74) is 3.40. The molecule has 1 nitrogen and oxygen atoms in total. The average Bonchev–Trinajstić information content (AvgIpc) is 2.73. The van der Waals surface area contributed by atoms with Gasteiger partial charge in [-0.05, 0) is 34.0 Å². The van der Waals surface area contributed by atoms with E-state index in [-0.39, 0.29) is 0 Å². The molecule has 4 aromatic rings. The van der Waals surface area contributed by atoms with Crippen LogP contribution < -0.4 is 5.32 Å². The molecule has 26 heavy (non-hydrogen) atoms. The van der Waals surface area contributed by atoms with Gasteiger partial charge in [0.15, 0.2) is 0 Å². The molecule has 0 spiro atoms. The quantitative estimate of drug-likeness (QED) is 0.458. The first kappa shape index (κ1) is 16.6. The highest BCUT2D eigenvalue weighted by molar-refractivity contribution is 5.88. The van der Waals surface area contributed by atoms with Crippen LogP contribution in [-0.4, -0.2) is 6.54 Å². The van der Waals surface area contributed by atoms with Crippen molar-refractivity contribution in [3.8, 4) is 0 Å². The van der Waals surface area contributed by atoms with Crippen LogP contribution in [0.2, 0.25) is 0 Å². The molecule has 0 aliphatic heterocycles. The fraction of sp³-hybridized carbons (Fsp3) is 0.120. The number of hydrogen-bond acceptors (Lipinski definition) is 1. The smallest absolute Gasteiger partial charge is 0.0953 e. The fourth-order valence-corrected chi connectivity index (χ4v) is 3.97. The lowest BCUT2D eigenvalue weighted by Gasteiger charge is -2.37. The van der Waals surface area contributed by atoms with Gasteiger partial charge in [-0.1, -0.05) is 110 Å². The monoisotopic (exact) mass is 337 g/mol. The SMILES string of the molecule is CCNC(c1ccccc1)(c1ccccc1)c1cccc2ccccc12. The Morgan fingerprint density at radius 2 is 1.15 bits per heavy atom. The van der Waals surface area contributed by atoms with E-state index in [9.17, 15) is 0 Å². The Labute approximate surface area is 155 Å². The zero-order valence-corrected chi connectivity index (χ0v) is 15.0. The van der Waals surface area contributed by atoms with E-state index < -0.39 is 5.54 Å². The summed E-state index contributed by atoms with van der Waals surface area (Å²) in [6, 6.07) is 36.8. The molecule has 4 rings (SSSR count). The van der Waals surface area contributed by atoms with Crippen molar-refractivity contribution in [1.29, 1.82) is 0 Å². The highest BCUT2D eigenvalue weighted by Crippen LogP contribution is 2.40. The second kappa shape index (κ2) is 7.15. The maximum atomic E-state index is 3.84. The molecule has 0 unspecified atom stereocenters. The molecule has 0 bridgehead atoms. The molecule has 0 radical (unpaired) electrons. The summed E-state index contributed by atoms with van der Waals surface area (Å²) < 4.78 is 0. The second-order valence-electron chi connectivity index (χ2n) is 6.54. The van der Waals surface area contributed by atoms with Gasteiger partial charge in [-0.2, -0.15) is 0 Å². The number of benzene rings is 4. The van der Waals surface area contributed by atoms with Gasteiger partial charge in [-0.25, -0.2) is 0 Å². The normalized spacial score (nSPS) is 11.6. The summed E-state index contributed by atoms with van der Waals surface area (Å²) >= 11 is 0. The Morgan fingerprint density at radius 1 is 0.615 bits per heavy atom. The van der Waals surface area contributed by atoms with Crippen molar-refractivity contribution in [2.45, 2.75) is 12.5 Å². The molecular formula is C25H23N. The van der Waals surface area contributed by atoms with Crippen LogP contribution >= 0.6 is 0 Å². The third kappa shape index (κ3) is 2.71. The molecule has 0 heterocycles. The van der Waals surface area contributed by atoms with Crippen molar-refractivity contribution in [1.82, 2.24) is 5.32 Å². The number of nitrogens with one attached hydrogen (secondary N) is 1.